The van der Waals surface area contributed by atoms with Crippen molar-refractivity contribution < 1.29 is 19.1 Å². The molecule has 0 aromatic heterocycles. The SMILES string of the molecule is CN(C(=O)CSCc1ccc(F)cc1)C(C)(C)C(=O)O. The molecular weight excluding hydrogens is 281 g/mol. The lowest BCUT2D eigenvalue weighted by molar-refractivity contribution is -0.154. The number of hydrogen-bond donors (Lipinski definition) is 1. The summed E-state index contributed by atoms with van der Waals surface area (Å²) in [6.07, 6.45) is 0. The van der Waals surface area contributed by atoms with E-state index < -0.39 is 11.5 Å². The molecule has 1 rings (SSSR count). The maximum absolute atomic E-state index is 12.7. The fraction of sp³-hybridized carbons (Fsp3) is 0.429. The Morgan fingerprint density at radius 2 is 1.85 bits per heavy atom. The molecule has 0 saturated carbocycles. The van der Waals surface area contributed by atoms with Crippen LogP contribution in [0.15, 0.2) is 24.3 Å². The fourth-order valence-corrected chi connectivity index (χ4v) is 2.29. The van der Waals surface area contributed by atoms with Crippen LogP contribution < -0.4 is 0 Å². The zero-order valence-corrected chi connectivity index (χ0v) is 12.5. The Bertz CT molecular complexity index is 488. The third-order valence-corrected chi connectivity index (χ3v) is 4.13. The topological polar surface area (TPSA) is 57.6 Å². The first-order valence-corrected chi connectivity index (χ1v) is 7.23. The summed E-state index contributed by atoms with van der Waals surface area (Å²) < 4.78 is 12.7. The number of thioether (sulfide) groups is 1. The van der Waals surface area contributed by atoms with E-state index in [0.717, 1.165) is 5.56 Å². The first-order valence-electron chi connectivity index (χ1n) is 6.07. The molecule has 1 amide bonds. The second-order valence-electron chi connectivity index (χ2n) is 4.94. The number of carboxylic acids is 1. The largest absolute Gasteiger partial charge is 0.480 e. The third-order valence-electron chi connectivity index (χ3n) is 3.14. The number of nitrogens with zero attached hydrogens (tertiary/aromatic N) is 1. The van der Waals surface area contributed by atoms with E-state index in [1.54, 1.807) is 12.1 Å². The maximum Gasteiger partial charge on any atom is 0.329 e. The minimum absolute atomic E-state index is 0.185. The van der Waals surface area contributed by atoms with Crippen molar-refractivity contribution in [1.82, 2.24) is 4.90 Å². The number of carbonyl (C=O) groups is 2. The fourth-order valence-electron chi connectivity index (χ4n) is 1.39. The third kappa shape index (κ3) is 4.23. The number of hydrogen-bond acceptors (Lipinski definition) is 3. The smallest absolute Gasteiger partial charge is 0.329 e. The van der Waals surface area contributed by atoms with Gasteiger partial charge in [0, 0.05) is 12.8 Å². The molecule has 0 aliphatic rings. The normalized spacial score (nSPS) is 11.2. The van der Waals surface area contributed by atoms with E-state index in [9.17, 15) is 14.0 Å². The standard InChI is InChI=1S/C14H18FNO3S/c1-14(2,13(18)19)16(3)12(17)9-20-8-10-4-6-11(15)7-5-10/h4-7H,8-9H2,1-3H3,(H,18,19). The molecule has 0 atom stereocenters. The Hall–Kier alpha value is -1.56. The van der Waals surface area contributed by atoms with E-state index in [1.165, 1.54) is 49.7 Å². The van der Waals surface area contributed by atoms with Gasteiger partial charge in [-0.05, 0) is 31.5 Å². The van der Waals surface area contributed by atoms with Crippen molar-refractivity contribution in [2.75, 3.05) is 12.8 Å². The first-order chi connectivity index (χ1) is 9.25. The molecule has 1 aromatic rings. The van der Waals surface area contributed by atoms with Crippen molar-refractivity contribution >= 4 is 23.6 Å². The van der Waals surface area contributed by atoms with E-state index in [4.69, 9.17) is 5.11 Å². The van der Waals surface area contributed by atoms with Gasteiger partial charge in [-0.15, -0.1) is 11.8 Å². The lowest BCUT2D eigenvalue weighted by Crippen LogP contribution is -2.51. The van der Waals surface area contributed by atoms with Gasteiger partial charge in [-0.25, -0.2) is 9.18 Å². The number of carboxylic acid groups (broad SMARTS) is 1. The van der Waals surface area contributed by atoms with Crippen molar-refractivity contribution in [3.8, 4) is 0 Å². The molecule has 4 nitrogen and oxygen atoms in total. The zero-order chi connectivity index (χ0) is 15.3. The van der Waals surface area contributed by atoms with Gasteiger partial charge >= 0.3 is 5.97 Å². The lowest BCUT2D eigenvalue weighted by atomic mass is 10.0. The molecule has 0 bridgehead atoms. The molecule has 20 heavy (non-hydrogen) atoms. The second-order valence-corrected chi connectivity index (χ2v) is 5.92. The second kappa shape index (κ2) is 6.74. The van der Waals surface area contributed by atoms with Crippen LogP contribution in [0.5, 0.6) is 0 Å². The summed E-state index contributed by atoms with van der Waals surface area (Å²) in [5.41, 5.74) is -0.308. The summed E-state index contributed by atoms with van der Waals surface area (Å²) in [6.45, 7) is 2.97. The monoisotopic (exact) mass is 299 g/mol. The minimum atomic E-state index is -1.23. The average molecular weight is 299 g/mol. The van der Waals surface area contributed by atoms with Gasteiger partial charge in [-0.1, -0.05) is 12.1 Å². The predicted octanol–water partition coefficient (Wildman–Crippen LogP) is 2.38. The number of likely N-dealkylation sites (N-methyl/N-ethyl adjacent to an activating group) is 1. The summed E-state index contributed by atoms with van der Waals surface area (Å²) in [4.78, 5) is 24.2. The highest BCUT2D eigenvalue weighted by Crippen LogP contribution is 2.17. The quantitative estimate of drug-likeness (QED) is 0.876. The number of benzene rings is 1. The highest BCUT2D eigenvalue weighted by Gasteiger charge is 2.34. The number of halogens is 1. The van der Waals surface area contributed by atoms with E-state index >= 15 is 0 Å². The number of rotatable bonds is 6. The Labute approximate surface area is 122 Å². The van der Waals surface area contributed by atoms with Crippen LogP contribution in [0.4, 0.5) is 4.39 Å². The molecule has 1 N–H and O–H groups in total. The Kier molecular flexibility index (Phi) is 5.56. The minimum Gasteiger partial charge on any atom is -0.480 e. The van der Waals surface area contributed by atoms with Gasteiger partial charge in [-0.3, -0.25) is 4.79 Å². The zero-order valence-electron chi connectivity index (χ0n) is 11.7. The van der Waals surface area contributed by atoms with Crippen LogP contribution in [0.1, 0.15) is 19.4 Å². The molecule has 1 aromatic carbocycles. The van der Waals surface area contributed by atoms with Crippen molar-refractivity contribution in [2.45, 2.75) is 25.1 Å². The summed E-state index contributed by atoms with van der Waals surface area (Å²) >= 11 is 1.37. The highest BCUT2D eigenvalue weighted by atomic mass is 32.2. The van der Waals surface area contributed by atoms with Gasteiger partial charge in [0.1, 0.15) is 11.4 Å². The van der Waals surface area contributed by atoms with Crippen LogP contribution in [-0.2, 0) is 15.3 Å². The molecule has 0 spiro atoms. The molecule has 0 aliphatic carbocycles. The lowest BCUT2D eigenvalue weighted by Gasteiger charge is -2.31. The number of aliphatic carboxylic acids is 1. The van der Waals surface area contributed by atoms with Gasteiger partial charge in [0.25, 0.3) is 0 Å². The highest BCUT2D eigenvalue weighted by molar-refractivity contribution is 7.99. The molecule has 0 heterocycles. The molecule has 0 fully saturated rings. The molecular formula is C14H18FNO3S. The van der Waals surface area contributed by atoms with Gasteiger partial charge in [0.05, 0.1) is 5.75 Å². The van der Waals surface area contributed by atoms with E-state index in [0.29, 0.717) is 5.75 Å². The van der Waals surface area contributed by atoms with Crippen molar-refractivity contribution in [2.24, 2.45) is 0 Å². The molecule has 0 saturated heterocycles. The molecule has 0 aliphatic heterocycles. The predicted molar refractivity (Wildman–Crippen MR) is 77.0 cm³/mol. The van der Waals surface area contributed by atoms with Crippen molar-refractivity contribution in [3.05, 3.63) is 35.6 Å². The summed E-state index contributed by atoms with van der Waals surface area (Å²) in [7, 11) is 1.48. The van der Waals surface area contributed by atoms with Crippen LogP contribution in [0.2, 0.25) is 0 Å². The Morgan fingerprint density at radius 1 is 1.30 bits per heavy atom. The van der Waals surface area contributed by atoms with Crippen molar-refractivity contribution in [3.63, 3.8) is 0 Å². The maximum atomic E-state index is 12.7. The molecule has 0 radical (unpaired) electrons. The van der Waals surface area contributed by atoms with Crippen LogP contribution in [0, 0.1) is 5.82 Å². The van der Waals surface area contributed by atoms with Crippen LogP contribution in [-0.4, -0.2) is 40.2 Å². The number of amides is 1. The number of carbonyl (C=O) groups excluding carboxylic acids is 1. The van der Waals surface area contributed by atoms with Gasteiger partial charge in [-0.2, -0.15) is 0 Å². The first kappa shape index (κ1) is 16.5. The van der Waals surface area contributed by atoms with Crippen LogP contribution in [0.25, 0.3) is 0 Å². The Morgan fingerprint density at radius 3 is 2.35 bits per heavy atom. The van der Waals surface area contributed by atoms with E-state index in [2.05, 4.69) is 0 Å². The summed E-state index contributed by atoms with van der Waals surface area (Å²) in [5.74, 6) is -0.822. The van der Waals surface area contributed by atoms with Crippen LogP contribution >= 0.6 is 11.8 Å². The summed E-state index contributed by atoms with van der Waals surface area (Å²) in [5, 5.41) is 9.05. The van der Waals surface area contributed by atoms with E-state index in [1.807, 2.05) is 0 Å². The van der Waals surface area contributed by atoms with Gasteiger partial charge in [0.15, 0.2) is 0 Å². The average Bonchev–Trinajstić information content (AvgIpc) is 2.39. The Balaban J connectivity index is 2.47. The molecule has 110 valence electrons. The summed E-state index contributed by atoms with van der Waals surface area (Å²) in [6, 6.07) is 6.07. The van der Waals surface area contributed by atoms with E-state index in [-0.39, 0.29) is 17.5 Å². The van der Waals surface area contributed by atoms with Gasteiger partial charge < -0.3 is 10.0 Å². The molecule has 6 heteroatoms. The van der Waals surface area contributed by atoms with Crippen LogP contribution in [0.3, 0.4) is 0 Å². The van der Waals surface area contributed by atoms with Crippen molar-refractivity contribution in [1.29, 1.82) is 0 Å². The molecule has 0 unspecified atom stereocenters. The van der Waals surface area contributed by atoms with Gasteiger partial charge in [0.2, 0.25) is 5.91 Å².